The van der Waals surface area contributed by atoms with Crippen molar-refractivity contribution in [1.29, 1.82) is 0 Å². The molecule has 2 heteroatoms. The fraction of sp³-hybridized carbons (Fsp3) is 0.500. The molecule has 0 aliphatic carbocycles. The van der Waals surface area contributed by atoms with Crippen molar-refractivity contribution in [2.75, 3.05) is 6.54 Å². The van der Waals surface area contributed by atoms with Crippen molar-refractivity contribution in [2.45, 2.75) is 32.3 Å². The molecule has 1 rings (SSSR count). The van der Waals surface area contributed by atoms with Gasteiger partial charge in [-0.25, -0.2) is 0 Å². The Balaban J connectivity index is 2.50. The Morgan fingerprint density at radius 3 is 2.71 bits per heavy atom. The van der Waals surface area contributed by atoms with Crippen molar-refractivity contribution in [2.24, 2.45) is 5.73 Å². The summed E-state index contributed by atoms with van der Waals surface area (Å²) >= 11 is 0. The normalized spacial score (nSPS) is 12.8. The van der Waals surface area contributed by atoms with E-state index >= 15 is 0 Å². The van der Waals surface area contributed by atoms with Crippen LogP contribution in [0.4, 0.5) is 0 Å². The van der Waals surface area contributed by atoms with E-state index in [1.54, 1.807) is 0 Å². The highest BCUT2D eigenvalue weighted by molar-refractivity contribution is 5.23. The molecular formula is C12H19NO. The Morgan fingerprint density at radius 1 is 1.36 bits per heavy atom. The number of benzene rings is 1. The minimum Gasteiger partial charge on any atom is -0.392 e. The minimum atomic E-state index is -0.361. The molecule has 0 spiro atoms. The average Bonchev–Trinajstić information content (AvgIpc) is 2.26. The Bertz CT molecular complexity index is 273. The lowest BCUT2D eigenvalue weighted by molar-refractivity contribution is 0.173. The largest absolute Gasteiger partial charge is 0.392 e. The lowest BCUT2D eigenvalue weighted by Gasteiger charge is -2.07. The van der Waals surface area contributed by atoms with Gasteiger partial charge >= 0.3 is 0 Å². The van der Waals surface area contributed by atoms with Gasteiger partial charge in [-0.3, -0.25) is 0 Å². The molecule has 1 unspecified atom stereocenters. The predicted octanol–water partition coefficient (Wildman–Crippen LogP) is 1.50. The fourth-order valence-corrected chi connectivity index (χ4v) is 1.46. The molecule has 0 aromatic heterocycles. The van der Waals surface area contributed by atoms with Gasteiger partial charge in [-0.15, -0.1) is 0 Å². The van der Waals surface area contributed by atoms with E-state index in [0.717, 1.165) is 19.3 Å². The van der Waals surface area contributed by atoms with Gasteiger partial charge in [0, 0.05) is 6.54 Å². The molecule has 1 atom stereocenters. The van der Waals surface area contributed by atoms with Crippen LogP contribution in [-0.4, -0.2) is 17.8 Å². The topological polar surface area (TPSA) is 46.2 Å². The van der Waals surface area contributed by atoms with Gasteiger partial charge in [0.2, 0.25) is 0 Å². The zero-order valence-corrected chi connectivity index (χ0v) is 8.74. The van der Waals surface area contributed by atoms with E-state index in [4.69, 9.17) is 5.73 Å². The van der Waals surface area contributed by atoms with Crippen LogP contribution >= 0.6 is 0 Å². The van der Waals surface area contributed by atoms with E-state index in [1.165, 1.54) is 11.1 Å². The summed E-state index contributed by atoms with van der Waals surface area (Å²) in [4.78, 5) is 0. The Hall–Kier alpha value is -0.860. The van der Waals surface area contributed by atoms with Gasteiger partial charge < -0.3 is 10.8 Å². The molecule has 0 saturated heterocycles. The maximum atomic E-state index is 9.32. The second-order valence-electron chi connectivity index (χ2n) is 3.60. The van der Waals surface area contributed by atoms with Gasteiger partial charge in [-0.2, -0.15) is 0 Å². The maximum Gasteiger partial charge on any atom is 0.0665 e. The first kappa shape index (κ1) is 11.2. The quantitative estimate of drug-likeness (QED) is 0.744. The second kappa shape index (κ2) is 5.78. The minimum absolute atomic E-state index is 0.355. The molecule has 78 valence electrons. The Kier molecular flexibility index (Phi) is 4.63. The van der Waals surface area contributed by atoms with Gasteiger partial charge in [-0.1, -0.05) is 31.2 Å². The summed E-state index contributed by atoms with van der Waals surface area (Å²) in [5, 5.41) is 9.32. The molecule has 0 aliphatic heterocycles. The smallest absolute Gasteiger partial charge is 0.0665 e. The second-order valence-corrected chi connectivity index (χ2v) is 3.60. The molecule has 0 aliphatic rings. The molecule has 0 saturated carbocycles. The Labute approximate surface area is 85.8 Å². The first-order valence-corrected chi connectivity index (χ1v) is 5.22. The van der Waals surface area contributed by atoms with Crippen molar-refractivity contribution >= 4 is 0 Å². The number of aliphatic hydroxyl groups is 1. The molecular weight excluding hydrogens is 174 g/mol. The standard InChI is InChI=1S/C12H19NO/c1-2-10-4-3-5-11(8-10)6-7-12(14)9-13/h3-5,8,12,14H,2,6-7,9,13H2,1H3. The van der Waals surface area contributed by atoms with Crippen molar-refractivity contribution in [3.8, 4) is 0 Å². The fourth-order valence-electron chi connectivity index (χ4n) is 1.46. The van der Waals surface area contributed by atoms with E-state index in [2.05, 4.69) is 31.2 Å². The van der Waals surface area contributed by atoms with Crippen molar-refractivity contribution in [3.63, 3.8) is 0 Å². The highest BCUT2D eigenvalue weighted by Gasteiger charge is 2.01. The molecule has 0 radical (unpaired) electrons. The van der Waals surface area contributed by atoms with Crippen LogP contribution in [0, 0.1) is 0 Å². The number of nitrogens with two attached hydrogens (primary N) is 1. The van der Waals surface area contributed by atoms with E-state index in [0.29, 0.717) is 6.54 Å². The molecule has 1 aromatic rings. The lowest BCUT2D eigenvalue weighted by atomic mass is 10.0. The average molecular weight is 193 g/mol. The first-order chi connectivity index (χ1) is 6.76. The van der Waals surface area contributed by atoms with Gasteiger partial charge in [0.1, 0.15) is 0 Å². The van der Waals surface area contributed by atoms with E-state index in [9.17, 15) is 5.11 Å². The number of hydrogen-bond acceptors (Lipinski definition) is 2. The maximum absolute atomic E-state index is 9.32. The molecule has 3 N–H and O–H groups in total. The van der Waals surface area contributed by atoms with Gasteiger partial charge in [0.05, 0.1) is 6.10 Å². The highest BCUT2D eigenvalue weighted by Crippen LogP contribution is 2.09. The van der Waals surface area contributed by atoms with Crippen LogP contribution in [0.3, 0.4) is 0 Å². The van der Waals surface area contributed by atoms with Crippen LogP contribution in [0.2, 0.25) is 0 Å². The van der Waals surface area contributed by atoms with Crippen LogP contribution in [-0.2, 0) is 12.8 Å². The summed E-state index contributed by atoms with van der Waals surface area (Å²) in [7, 11) is 0. The van der Waals surface area contributed by atoms with Crippen molar-refractivity contribution < 1.29 is 5.11 Å². The molecule has 0 bridgehead atoms. The summed E-state index contributed by atoms with van der Waals surface area (Å²) in [6.07, 6.45) is 2.36. The van der Waals surface area contributed by atoms with E-state index in [1.807, 2.05) is 0 Å². The molecule has 1 aromatic carbocycles. The van der Waals surface area contributed by atoms with Crippen LogP contribution < -0.4 is 5.73 Å². The number of rotatable bonds is 5. The third-order valence-corrected chi connectivity index (χ3v) is 2.44. The zero-order chi connectivity index (χ0) is 10.4. The van der Waals surface area contributed by atoms with Crippen molar-refractivity contribution in [1.82, 2.24) is 0 Å². The third-order valence-electron chi connectivity index (χ3n) is 2.44. The molecule has 0 heterocycles. The highest BCUT2D eigenvalue weighted by atomic mass is 16.3. The lowest BCUT2D eigenvalue weighted by Crippen LogP contribution is -2.20. The number of aliphatic hydroxyl groups excluding tert-OH is 1. The monoisotopic (exact) mass is 193 g/mol. The summed E-state index contributed by atoms with van der Waals surface area (Å²) < 4.78 is 0. The molecule has 0 amide bonds. The van der Waals surface area contributed by atoms with Gasteiger partial charge in [0.15, 0.2) is 0 Å². The molecule has 14 heavy (non-hydrogen) atoms. The Morgan fingerprint density at radius 2 is 2.07 bits per heavy atom. The first-order valence-electron chi connectivity index (χ1n) is 5.22. The summed E-state index contributed by atoms with van der Waals surface area (Å²) in [5.41, 5.74) is 7.98. The van der Waals surface area contributed by atoms with Gasteiger partial charge in [0.25, 0.3) is 0 Å². The van der Waals surface area contributed by atoms with E-state index < -0.39 is 0 Å². The number of hydrogen-bond donors (Lipinski definition) is 2. The SMILES string of the molecule is CCc1cccc(CCC(O)CN)c1. The summed E-state index contributed by atoms with van der Waals surface area (Å²) in [5.74, 6) is 0. The molecule has 2 nitrogen and oxygen atoms in total. The van der Waals surface area contributed by atoms with Crippen LogP contribution in [0.1, 0.15) is 24.5 Å². The zero-order valence-electron chi connectivity index (χ0n) is 8.74. The van der Waals surface area contributed by atoms with Gasteiger partial charge in [-0.05, 0) is 30.4 Å². The molecule has 0 fully saturated rings. The predicted molar refractivity (Wildman–Crippen MR) is 59.2 cm³/mol. The van der Waals surface area contributed by atoms with Crippen LogP contribution in [0.15, 0.2) is 24.3 Å². The summed E-state index contributed by atoms with van der Waals surface area (Å²) in [6.45, 7) is 2.50. The van der Waals surface area contributed by atoms with Crippen molar-refractivity contribution in [3.05, 3.63) is 35.4 Å². The summed E-state index contributed by atoms with van der Waals surface area (Å²) in [6, 6.07) is 8.50. The van der Waals surface area contributed by atoms with Crippen LogP contribution in [0.5, 0.6) is 0 Å². The van der Waals surface area contributed by atoms with E-state index in [-0.39, 0.29) is 6.10 Å². The van der Waals surface area contributed by atoms with Crippen LogP contribution in [0.25, 0.3) is 0 Å². The third kappa shape index (κ3) is 3.48. The number of aryl methyl sites for hydroxylation is 2.